The van der Waals surface area contributed by atoms with Crippen LogP contribution in [-0.4, -0.2) is 37.2 Å². The lowest BCUT2D eigenvalue weighted by Crippen LogP contribution is -2.36. The topological polar surface area (TPSA) is 54.5 Å². The predicted molar refractivity (Wildman–Crippen MR) is 94.3 cm³/mol. The lowest BCUT2D eigenvalue weighted by molar-refractivity contribution is 0.0939. The minimum atomic E-state index is -0.105. The van der Waals surface area contributed by atoms with Crippen LogP contribution < -0.4 is 10.2 Å². The van der Waals surface area contributed by atoms with Crippen molar-refractivity contribution in [1.29, 1.82) is 0 Å². The van der Waals surface area contributed by atoms with E-state index in [-0.39, 0.29) is 11.9 Å². The number of carbonyl (C=O) groups is 1. The van der Waals surface area contributed by atoms with Crippen LogP contribution in [-0.2, 0) is 4.74 Å². The lowest BCUT2D eigenvalue weighted by Gasteiger charge is -2.27. The first kappa shape index (κ1) is 16.5. The van der Waals surface area contributed by atoms with E-state index in [0.29, 0.717) is 5.56 Å². The molecule has 1 fully saturated rings. The third-order valence-electron chi connectivity index (χ3n) is 4.35. The van der Waals surface area contributed by atoms with Gasteiger partial charge >= 0.3 is 0 Å². The third-order valence-corrected chi connectivity index (χ3v) is 4.35. The summed E-state index contributed by atoms with van der Waals surface area (Å²) in [7, 11) is 0. The summed E-state index contributed by atoms with van der Waals surface area (Å²) in [5.74, 6) is 0.786. The average Bonchev–Trinajstić information content (AvgIpc) is 2.63. The van der Waals surface area contributed by atoms with Gasteiger partial charge in [-0.1, -0.05) is 24.3 Å². The standard InChI is InChI=1S/C19H23N3O2/c1-14-5-3-4-6-17(14)15(2)21-19(23)16-7-8-18(20-13-16)22-9-11-24-12-10-22/h3-8,13,15H,9-12H2,1-2H3,(H,21,23)/t15-/m0/s1. The number of amides is 1. The summed E-state index contributed by atoms with van der Waals surface area (Å²) in [6.45, 7) is 7.16. The van der Waals surface area contributed by atoms with Gasteiger partial charge in [0.05, 0.1) is 24.8 Å². The highest BCUT2D eigenvalue weighted by molar-refractivity contribution is 5.94. The summed E-state index contributed by atoms with van der Waals surface area (Å²) < 4.78 is 5.34. The molecule has 1 aliphatic heterocycles. The fraction of sp³-hybridized carbons (Fsp3) is 0.368. The number of pyridine rings is 1. The zero-order valence-electron chi connectivity index (χ0n) is 14.2. The molecule has 1 aliphatic rings. The number of benzene rings is 1. The quantitative estimate of drug-likeness (QED) is 0.939. The first-order valence-corrected chi connectivity index (χ1v) is 8.30. The second kappa shape index (κ2) is 7.45. The number of morpholine rings is 1. The van der Waals surface area contributed by atoms with Crippen molar-refractivity contribution in [2.75, 3.05) is 31.2 Å². The Morgan fingerprint density at radius 2 is 1.96 bits per heavy atom. The highest BCUT2D eigenvalue weighted by Gasteiger charge is 2.15. The molecule has 0 bridgehead atoms. The van der Waals surface area contributed by atoms with E-state index in [1.165, 1.54) is 5.56 Å². The molecule has 0 spiro atoms. The van der Waals surface area contributed by atoms with Crippen LogP contribution >= 0.6 is 0 Å². The predicted octanol–water partition coefficient (Wildman–Crippen LogP) is 2.72. The molecule has 3 rings (SSSR count). The molecular weight excluding hydrogens is 302 g/mol. The van der Waals surface area contributed by atoms with E-state index < -0.39 is 0 Å². The van der Waals surface area contributed by atoms with Crippen LogP contribution in [0.25, 0.3) is 0 Å². The summed E-state index contributed by atoms with van der Waals surface area (Å²) in [4.78, 5) is 19.0. The molecule has 2 aromatic rings. The summed E-state index contributed by atoms with van der Waals surface area (Å²) in [5, 5.41) is 3.04. The van der Waals surface area contributed by atoms with Gasteiger partial charge in [0.15, 0.2) is 0 Å². The van der Waals surface area contributed by atoms with E-state index in [0.717, 1.165) is 37.7 Å². The van der Waals surface area contributed by atoms with E-state index in [1.54, 1.807) is 6.20 Å². The van der Waals surface area contributed by atoms with Crippen molar-refractivity contribution < 1.29 is 9.53 Å². The molecule has 0 radical (unpaired) electrons. The van der Waals surface area contributed by atoms with Gasteiger partial charge in [-0.05, 0) is 37.1 Å². The molecule has 24 heavy (non-hydrogen) atoms. The molecular formula is C19H23N3O2. The van der Waals surface area contributed by atoms with Gasteiger partial charge in [-0.3, -0.25) is 4.79 Å². The lowest BCUT2D eigenvalue weighted by atomic mass is 10.0. The number of nitrogens with one attached hydrogen (secondary N) is 1. The molecule has 5 nitrogen and oxygen atoms in total. The molecule has 1 aromatic carbocycles. The molecule has 1 aromatic heterocycles. The van der Waals surface area contributed by atoms with E-state index in [2.05, 4.69) is 28.2 Å². The molecule has 1 atom stereocenters. The first-order chi connectivity index (χ1) is 11.6. The van der Waals surface area contributed by atoms with Gasteiger partial charge in [0.25, 0.3) is 5.91 Å². The number of nitrogens with zero attached hydrogens (tertiary/aromatic N) is 2. The van der Waals surface area contributed by atoms with Crippen LogP contribution in [0.5, 0.6) is 0 Å². The Balaban J connectivity index is 1.65. The third kappa shape index (κ3) is 3.74. The smallest absolute Gasteiger partial charge is 0.253 e. The van der Waals surface area contributed by atoms with Crippen LogP contribution in [0.1, 0.15) is 34.5 Å². The maximum atomic E-state index is 12.4. The van der Waals surface area contributed by atoms with Gasteiger partial charge in [-0.25, -0.2) is 4.98 Å². The maximum absolute atomic E-state index is 12.4. The average molecular weight is 325 g/mol. The zero-order chi connectivity index (χ0) is 16.9. The minimum absolute atomic E-state index is 0.0439. The Bertz CT molecular complexity index is 694. The van der Waals surface area contributed by atoms with Crippen molar-refractivity contribution >= 4 is 11.7 Å². The van der Waals surface area contributed by atoms with E-state index in [1.807, 2.05) is 37.3 Å². The molecule has 0 saturated carbocycles. The highest BCUT2D eigenvalue weighted by Crippen LogP contribution is 2.18. The summed E-state index contributed by atoms with van der Waals surface area (Å²) in [6, 6.07) is 11.8. The molecule has 0 unspecified atom stereocenters. The Morgan fingerprint density at radius 1 is 1.21 bits per heavy atom. The number of anilines is 1. The molecule has 1 saturated heterocycles. The largest absolute Gasteiger partial charge is 0.378 e. The molecule has 1 N–H and O–H groups in total. The fourth-order valence-electron chi connectivity index (χ4n) is 2.93. The van der Waals surface area contributed by atoms with Gasteiger partial charge in [0, 0.05) is 19.3 Å². The van der Waals surface area contributed by atoms with Crippen molar-refractivity contribution in [3.05, 3.63) is 59.3 Å². The van der Waals surface area contributed by atoms with Gasteiger partial charge in [-0.2, -0.15) is 0 Å². The minimum Gasteiger partial charge on any atom is -0.378 e. The molecule has 1 amide bonds. The summed E-state index contributed by atoms with van der Waals surface area (Å²) in [6.07, 6.45) is 1.64. The number of hydrogen-bond donors (Lipinski definition) is 1. The van der Waals surface area contributed by atoms with Crippen LogP contribution in [0.3, 0.4) is 0 Å². The van der Waals surface area contributed by atoms with Crippen molar-refractivity contribution in [3.8, 4) is 0 Å². The molecule has 5 heteroatoms. The highest BCUT2D eigenvalue weighted by atomic mass is 16.5. The van der Waals surface area contributed by atoms with Gasteiger partial charge in [0.2, 0.25) is 0 Å². The molecule has 2 heterocycles. The Hall–Kier alpha value is -2.40. The van der Waals surface area contributed by atoms with Crippen molar-refractivity contribution in [3.63, 3.8) is 0 Å². The summed E-state index contributed by atoms with van der Waals surface area (Å²) >= 11 is 0. The second-order valence-corrected chi connectivity index (χ2v) is 6.06. The number of aryl methyl sites for hydroxylation is 1. The number of aromatic nitrogens is 1. The normalized spacial score (nSPS) is 15.8. The molecule has 126 valence electrons. The van der Waals surface area contributed by atoms with E-state index in [4.69, 9.17) is 4.74 Å². The van der Waals surface area contributed by atoms with Crippen LogP contribution in [0.15, 0.2) is 42.6 Å². The molecule has 0 aliphatic carbocycles. The number of hydrogen-bond acceptors (Lipinski definition) is 4. The van der Waals surface area contributed by atoms with Crippen molar-refractivity contribution in [2.24, 2.45) is 0 Å². The van der Waals surface area contributed by atoms with Gasteiger partial charge in [0.1, 0.15) is 5.82 Å². The van der Waals surface area contributed by atoms with Crippen molar-refractivity contribution in [2.45, 2.75) is 19.9 Å². The summed E-state index contributed by atoms with van der Waals surface area (Å²) in [5.41, 5.74) is 2.88. The van der Waals surface area contributed by atoms with Crippen molar-refractivity contribution in [1.82, 2.24) is 10.3 Å². The fourth-order valence-corrected chi connectivity index (χ4v) is 2.93. The van der Waals surface area contributed by atoms with Crippen LogP contribution in [0.2, 0.25) is 0 Å². The SMILES string of the molecule is Cc1ccccc1[C@H](C)NC(=O)c1ccc(N2CCOCC2)nc1. The maximum Gasteiger partial charge on any atom is 0.253 e. The van der Waals surface area contributed by atoms with E-state index >= 15 is 0 Å². The van der Waals surface area contributed by atoms with Crippen LogP contribution in [0.4, 0.5) is 5.82 Å². The monoisotopic (exact) mass is 325 g/mol. The van der Waals surface area contributed by atoms with Gasteiger partial charge in [-0.15, -0.1) is 0 Å². The van der Waals surface area contributed by atoms with E-state index in [9.17, 15) is 4.79 Å². The number of rotatable bonds is 4. The van der Waals surface area contributed by atoms with Crippen LogP contribution in [0, 0.1) is 6.92 Å². The Labute approximate surface area is 142 Å². The Kier molecular flexibility index (Phi) is 5.11. The van der Waals surface area contributed by atoms with Gasteiger partial charge < -0.3 is 15.0 Å². The Morgan fingerprint density at radius 3 is 2.62 bits per heavy atom. The number of carbonyl (C=O) groups excluding carboxylic acids is 1. The number of ether oxygens (including phenoxy) is 1. The second-order valence-electron chi connectivity index (χ2n) is 6.06. The first-order valence-electron chi connectivity index (χ1n) is 8.30. The zero-order valence-corrected chi connectivity index (χ0v) is 14.2.